The molecule has 0 bridgehead atoms. The third-order valence-electron chi connectivity index (χ3n) is 2.86. The summed E-state index contributed by atoms with van der Waals surface area (Å²) < 4.78 is 0. The van der Waals surface area contributed by atoms with Crippen LogP contribution < -0.4 is 0 Å². The average Bonchev–Trinajstić information content (AvgIpc) is 2.75. The van der Waals surface area contributed by atoms with Gasteiger partial charge in [-0.15, -0.1) is 11.3 Å². The molecule has 0 radical (unpaired) electrons. The quantitative estimate of drug-likeness (QED) is 0.605. The van der Waals surface area contributed by atoms with Crippen molar-refractivity contribution >= 4 is 22.1 Å². The molecule has 0 N–H and O–H groups in total. The Morgan fingerprint density at radius 2 is 1.71 bits per heavy atom. The molecule has 0 atom stereocenters. The van der Waals surface area contributed by atoms with Crippen LogP contribution in [0.25, 0.3) is 21.3 Å². The Morgan fingerprint density at radius 1 is 0.941 bits per heavy atom. The van der Waals surface area contributed by atoms with Gasteiger partial charge in [0.1, 0.15) is 5.01 Å². The first-order valence-corrected chi connectivity index (χ1v) is 6.53. The summed E-state index contributed by atoms with van der Waals surface area (Å²) in [5.41, 5.74) is 3.60. The molecule has 0 unspecified atom stereocenters. The Bertz CT molecular complexity index is 682. The Hall–Kier alpha value is -1.67. The van der Waals surface area contributed by atoms with E-state index in [1.54, 1.807) is 11.3 Å². The van der Waals surface area contributed by atoms with E-state index in [9.17, 15) is 0 Å². The van der Waals surface area contributed by atoms with Gasteiger partial charge in [-0.25, -0.2) is 4.98 Å². The van der Waals surface area contributed by atoms with E-state index >= 15 is 0 Å². The van der Waals surface area contributed by atoms with Crippen molar-refractivity contribution in [2.75, 3.05) is 0 Å². The molecule has 0 aliphatic heterocycles. The first-order valence-electron chi connectivity index (χ1n) is 5.65. The van der Waals surface area contributed by atoms with Crippen molar-refractivity contribution in [3.63, 3.8) is 0 Å². The maximum Gasteiger partial charge on any atom is 0.123 e. The van der Waals surface area contributed by atoms with Gasteiger partial charge in [-0.05, 0) is 30.7 Å². The van der Waals surface area contributed by atoms with E-state index in [1.165, 1.54) is 21.9 Å². The van der Waals surface area contributed by atoms with Crippen molar-refractivity contribution in [2.45, 2.75) is 13.8 Å². The first kappa shape index (κ1) is 10.5. The van der Waals surface area contributed by atoms with Gasteiger partial charge in [-0.1, -0.05) is 35.9 Å². The summed E-state index contributed by atoms with van der Waals surface area (Å²) in [6.45, 7) is 4.15. The zero-order chi connectivity index (χ0) is 11.8. The van der Waals surface area contributed by atoms with Crippen molar-refractivity contribution in [2.24, 2.45) is 0 Å². The van der Waals surface area contributed by atoms with Gasteiger partial charge in [0, 0.05) is 16.6 Å². The highest BCUT2D eigenvalue weighted by Gasteiger charge is 2.03. The summed E-state index contributed by atoms with van der Waals surface area (Å²) in [4.78, 5) is 4.52. The second-order valence-electron chi connectivity index (χ2n) is 4.36. The molecule has 17 heavy (non-hydrogen) atoms. The van der Waals surface area contributed by atoms with Gasteiger partial charge < -0.3 is 0 Å². The Kier molecular flexibility index (Phi) is 2.45. The lowest BCUT2D eigenvalue weighted by Crippen LogP contribution is -1.80. The molecule has 1 aromatic heterocycles. The maximum absolute atomic E-state index is 4.52. The molecule has 1 heterocycles. The number of benzene rings is 2. The van der Waals surface area contributed by atoms with E-state index in [0.29, 0.717) is 0 Å². The second-order valence-corrected chi connectivity index (χ2v) is 5.22. The van der Waals surface area contributed by atoms with Crippen molar-refractivity contribution in [1.82, 2.24) is 4.98 Å². The largest absolute Gasteiger partial charge is 0.241 e. The Balaban J connectivity index is 2.16. The molecule has 2 aromatic carbocycles. The summed E-state index contributed by atoms with van der Waals surface area (Å²) in [5, 5.41) is 5.77. The number of aryl methyl sites for hydroxylation is 2. The lowest BCUT2D eigenvalue weighted by molar-refractivity contribution is 1.27. The van der Waals surface area contributed by atoms with E-state index < -0.39 is 0 Å². The second kappa shape index (κ2) is 3.97. The first-order chi connectivity index (χ1) is 8.22. The third-order valence-corrected chi connectivity index (χ3v) is 3.87. The van der Waals surface area contributed by atoms with Crippen LogP contribution in [0.5, 0.6) is 0 Å². The number of fused-ring (bicyclic) bond motifs is 1. The molecular formula is C15H13NS. The summed E-state index contributed by atoms with van der Waals surface area (Å²) in [7, 11) is 0. The fourth-order valence-electron chi connectivity index (χ4n) is 1.98. The van der Waals surface area contributed by atoms with Gasteiger partial charge in [0.25, 0.3) is 0 Å². The van der Waals surface area contributed by atoms with Gasteiger partial charge in [-0.3, -0.25) is 0 Å². The maximum atomic E-state index is 4.52. The molecule has 0 spiro atoms. The number of aromatic nitrogens is 1. The summed E-state index contributed by atoms with van der Waals surface area (Å²) in [5.74, 6) is 0. The molecule has 0 fully saturated rings. The van der Waals surface area contributed by atoms with Crippen LogP contribution in [0.1, 0.15) is 11.3 Å². The van der Waals surface area contributed by atoms with Gasteiger partial charge in [0.15, 0.2) is 0 Å². The molecule has 2 heteroatoms. The summed E-state index contributed by atoms with van der Waals surface area (Å²) in [6.07, 6.45) is 0. The van der Waals surface area contributed by atoms with Crippen molar-refractivity contribution in [3.8, 4) is 10.6 Å². The topological polar surface area (TPSA) is 12.9 Å². The molecule has 0 saturated carbocycles. The summed E-state index contributed by atoms with van der Waals surface area (Å²) >= 11 is 1.70. The van der Waals surface area contributed by atoms with Gasteiger partial charge >= 0.3 is 0 Å². The van der Waals surface area contributed by atoms with Crippen LogP contribution >= 0.6 is 11.3 Å². The molecule has 3 aromatic rings. The van der Waals surface area contributed by atoms with E-state index in [0.717, 1.165) is 10.7 Å². The van der Waals surface area contributed by atoms with Crippen LogP contribution in [0.2, 0.25) is 0 Å². The van der Waals surface area contributed by atoms with E-state index in [-0.39, 0.29) is 0 Å². The van der Waals surface area contributed by atoms with E-state index in [1.807, 2.05) is 6.92 Å². The number of hydrogen-bond acceptors (Lipinski definition) is 2. The highest BCUT2D eigenvalue weighted by molar-refractivity contribution is 7.13. The third kappa shape index (κ3) is 1.96. The van der Waals surface area contributed by atoms with Gasteiger partial charge in [0.2, 0.25) is 0 Å². The fourth-order valence-corrected chi connectivity index (χ4v) is 2.78. The van der Waals surface area contributed by atoms with Crippen LogP contribution in [0.15, 0.2) is 41.8 Å². The van der Waals surface area contributed by atoms with Gasteiger partial charge in [-0.2, -0.15) is 0 Å². The molecule has 0 amide bonds. The molecule has 1 nitrogen and oxygen atoms in total. The van der Waals surface area contributed by atoms with Crippen molar-refractivity contribution in [3.05, 3.63) is 53.0 Å². The predicted octanol–water partition coefficient (Wildman–Crippen LogP) is 4.58. The monoisotopic (exact) mass is 239 g/mol. The lowest BCUT2D eigenvalue weighted by Gasteiger charge is -2.02. The molecule has 0 aliphatic rings. The summed E-state index contributed by atoms with van der Waals surface area (Å²) in [6, 6.07) is 13.1. The SMILES string of the molecule is Cc1ccc2cc(-c3nc(C)cs3)ccc2c1. The van der Waals surface area contributed by atoms with E-state index in [2.05, 4.69) is 53.7 Å². The zero-order valence-corrected chi connectivity index (χ0v) is 10.7. The Labute approximate surface area is 105 Å². The van der Waals surface area contributed by atoms with E-state index in [4.69, 9.17) is 0 Å². The number of nitrogens with zero attached hydrogens (tertiary/aromatic N) is 1. The Morgan fingerprint density at radius 3 is 2.47 bits per heavy atom. The van der Waals surface area contributed by atoms with Crippen LogP contribution in [0, 0.1) is 13.8 Å². The van der Waals surface area contributed by atoms with Crippen LogP contribution in [-0.2, 0) is 0 Å². The van der Waals surface area contributed by atoms with Gasteiger partial charge in [0.05, 0.1) is 0 Å². The van der Waals surface area contributed by atoms with Crippen molar-refractivity contribution in [1.29, 1.82) is 0 Å². The number of hydrogen-bond donors (Lipinski definition) is 0. The van der Waals surface area contributed by atoms with Crippen LogP contribution in [-0.4, -0.2) is 4.98 Å². The highest BCUT2D eigenvalue weighted by Crippen LogP contribution is 2.27. The molecule has 84 valence electrons. The highest BCUT2D eigenvalue weighted by atomic mass is 32.1. The average molecular weight is 239 g/mol. The van der Waals surface area contributed by atoms with Crippen molar-refractivity contribution < 1.29 is 0 Å². The molecule has 0 aliphatic carbocycles. The minimum atomic E-state index is 1.09. The minimum absolute atomic E-state index is 1.09. The minimum Gasteiger partial charge on any atom is -0.241 e. The normalized spacial score (nSPS) is 10.9. The smallest absolute Gasteiger partial charge is 0.123 e. The van der Waals surface area contributed by atoms with Crippen LogP contribution in [0.3, 0.4) is 0 Å². The lowest BCUT2D eigenvalue weighted by atomic mass is 10.1. The fraction of sp³-hybridized carbons (Fsp3) is 0.133. The standard InChI is InChI=1S/C15H13NS/c1-10-3-4-13-8-14(6-5-12(13)7-10)15-16-11(2)9-17-15/h3-9H,1-2H3. The van der Waals surface area contributed by atoms with Crippen LogP contribution in [0.4, 0.5) is 0 Å². The molecule has 0 saturated heterocycles. The molecular weight excluding hydrogens is 226 g/mol. The predicted molar refractivity (Wildman–Crippen MR) is 74.5 cm³/mol. The number of thiazole rings is 1. The molecule has 3 rings (SSSR count). The zero-order valence-electron chi connectivity index (χ0n) is 9.90. The number of rotatable bonds is 1.